The first-order chi connectivity index (χ1) is 14.0. The third kappa shape index (κ3) is 5.22. The Labute approximate surface area is 170 Å². The van der Waals surface area contributed by atoms with E-state index in [0.29, 0.717) is 19.6 Å². The van der Waals surface area contributed by atoms with Crippen LogP contribution in [0.2, 0.25) is 0 Å². The monoisotopic (exact) mass is 394 g/mol. The van der Waals surface area contributed by atoms with Gasteiger partial charge in [-0.1, -0.05) is 60.7 Å². The normalized spacial score (nSPS) is 18.4. The number of benzene rings is 2. The summed E-state index contributed by atoms with van der Waals surface area (Å²) in [6, 6.07) is 19.1. The van der Waals surface area contributed by atoms with Gasteiger partial charge in [0, 0.05) is 45.4 Å². The fraction of sp³-hybridized carbons (Fsp3) is 0.348. The molecule has 1 N–H and O–H groups in total. The molecule has 6 heteroatoms. The molecule has 0 spiro atoms. The SMILES string of the molecule is CC(=O)N(CCC(=O)N1C[C@H](C(=O)O)[C@@H](c2ccccc2)C1)Cc1ccccc1. The second-order valence-corrected chi connectivity index (χ2v) is 7.44. The molecule has 2 aromatic rings. The van der Waals surface area contributed by atoms with Crippen molar-refractivity contribution in [3.63, 3.8) is 0 Å². The number of rotatable bonds is 7. The van der Waals surface area contributed by atoms with Gasteiger partial charge in [0.1, 0.15) is 0 Å². The van der Waals surface area contributed by atoms with E-state index in [1.54, 1.807) is 9.80 Å². The van der Waals surface area contributed by atoms with Gasteiger partial charge in [0.05, 0.1) is 5.92 Å². The van der Waals surface area contributed by atoms with Crippen LogP contribution in [0.15, 0.2) is 60.7 Å². The van der Waals surface area contributed by atoms with Crippen LogP contribution >= 0.6 is 0 Å². The Bertz CT molecular complexity index is 854. The first-order valence-electron chi connectivity index (χ1n) is 9.80. The number of carbonyl (C=O) groups excluding carboxylic acids is 2. The molecule has 0 radical (unpaired) electrons. The lowest BCUT2D eigenvalue weighted by Gasteiger charge is -2.23. The summed E-state index contributed by atoms with van der Waals surface area (Å²) < 4.78 is 0. The Morgan fingerprint density at radius 1 is 1.00 bits per heavy atom. The van der Waals surface area contributed by atoms with Crippen LogP contribution < -0.4 is 0 Å². The lowest BCUT2D eigenvalue weighted by Crippen LogP contribution is -2.35. The zero-order chi connectivity index (χ0) is 20.8. The van der Waals surface area contributed by atoms with Crippen LogP contribution in [0.3, 0.4) is 0 Å². The molecule has 6 nitrogen and oxygen atoms in total. The zero-order valence-corrected chi connectivity index (χ0v) is 16.5. The van der Waals surface area contributed by atoms with Gasteiger partial charge >= 0.3 is 5.97 Å². The minimum atomic E-state index is -0.886. The van der Waals surface area contributed by atoms with Gasteiger partial charge in [-0.25, -0.2) is 0 Å². The average Bonchev–Trinajstić information content (AvgIpc) is 3.18. The predicted octanol–water partition coefficient (Wildman–Crippen LogP) is 2.75. The van der Waals surface area contributed by atoms with Crippen LogP contribution in [-0.2, 0) is 20.9 Å². The minimum Gasteiger partial charge on any atom is -0.481 e. The van der Waals surface area contributed by atoms with Gasteiger partial charge in [0.2, 0.25) is 11.8 Å². The van der Waals surface area contributed by atoms with E-state index in [9.17, 15) is 19.5 Å². The van der Waals surface area contributed by atoms with Gasteiger partial charge in [0.25, 0.3) is 0 Å². The number of amides is 2. The summed E-state index contributed by atoms with van der Waals surface area (Å²) in [5, 5.41) is 9.61. The van der Waals surface area contributed by atoms with Gasteiger partial charge in [-0.3, -0.25) is 14.4 Å². The van der Waals surface area contributed by atoms with Crippen LogP contribution in [0.1, 0.15) is 30.4 Å². The van der Waals surface area contributed by atoms with Crippen LogP contribution in [-0.4, -0.2) is 52.3 Å². The number of carboxylic acids is 1. The topological polar surface area (TPSA) is 77.9 Å². The van der Waals surface area contributed by atoms with E-state index >= 15 is 0 Å². The summed E-state index contributed by atoms with van der Waals surface area (Å²) >= 11 is 0. The fourth-order valence-electron chi connectivity index (χ4n) is 3.84. The molecule has 0 unspecified atom stereocenters. The molecule has 1 aliphatic heterocycles. The minimum absolute atomic E-state index is 0.0892. The van der Waals surface area contributed by atoms with Crippen LogP contribution in [0.4, 0.5) is 0 Å². The van der Waals surface area contributed by atoms with Crippen molar-refractivity contribution in [3.05, 3.63) is 71.8 Å². The molecule has 0 aliphatic carbocycles. The summed E-state index contributed by atoms with van der Waals surface area (Å²) in [6.45, 7) is 2.85. The molecule has 152 valence electrons. The predicted molar refractivity (Wildman–Crippen MR) is 109 cm³/mol. The molecule has 2 atom stereocenters. The third-order valence-corrected chi connectivity index (χ3v) is 5.47. The highest BCUT2D eigenvalue weighted by molar-refractivity contribution is 5.80. The van der Waals surface area contributed by atoms with Gasteiger partial charge in [-0.05, 0) is 11.1 Å². The molecule has 1 fully saturated rings. The van der Waals surface area contributed by atoms with Gasteiger partial charge < -0.3 is 14.9 Å². The number of carboxylic acid groups (broad SMARTS) is 1. The molecular formula is C23H26N2O4. The Balaban J connectivity index is 1.62. The average molecular weight is 394 g/mol. The van der Waals surface area contributed by atoms with Crippen molar-refractivity contribution in [3.8, 4) is 0 Å². The summed E-state index contributed by atoms with van der Waals surface area (Å²) in [5.74, 6) is -1.92. The van der Waals surface area contributed by atoms with E-state index < -0.39 is 11.9 Å². The Morgan fingerprint density at radius 2 is 1.62 bits per heavy atom. The zero-order valence-electron chi connectivity index (χ0n) is 16.5. The van der Waals surface area contributed by atoms with E-state index in [-0.39, 0.29) is 30.7 Å². The standard InChI is InChI=1S/C23H26N2O4/c1-17(26)24(14-18-8-4-2-5-9-18)13-12-22(27)25-15-20(21(16-25)23(28)29)19-10-6-3-7-11-19/h2-11,20-21H,12-16H2,1H3,(H,28,29)/t20-,21+/m1/s1. The van der Waals surface area contributed by atoms with Crippen molar-refractivity contribution in [1.29, 1.82) is 0 Å². The van der Waals surface area contributed by atoms with Crippen molar-refractivity contribution in [2.75, 3.05) is 19.6 Å². The highest BCUT2D eigenvalue weighted by atomic mass is 16.4. The van der Waals surface area contributed by atoms with E-state index in [0.717, 1.165) is 11.1 Å². The largest absolute Gasteiger partial charge is 0.481 e. The quantitative estimate of drug-likeness (QED) is 0.783. The molecule has 1 heterocycles. The lowest BCUT2D eigenvalue weighted by molar-refractivity contribution is -0.141. The van der Waals surface area contributed by atoms with Crippen LogP contribution in [0.25, 0.3) is 0 Å². The molecule has 3 rings (SSSR count). The maximum absolute atomic E-state index is 12.8. The van der Waals surface area contributed by atoms with Crippen molar-refractivity contribution >= 4 is 17.8 Å². The molecule has 2 amide bonds. The van der Waals surface area contributed by atoms with Crippen molar-refractivity contribution < 1.29 is 19.5 Å². The number of hydrogen-bond donors (Lipinski definition) is 1. The molecule has 0 aromatic heterocycles. The maximum Gasteiger partial charge on any atom is 0.308 e. The van der Waals surface area contributed by atoms with E-state index in [1.165, 1.54) is 6.92 Å². The fourth-order valence-corrected chi connectivity index (χ4v) is 3.84. The van der Waals surface area contributed by atoms with Gasteiger partial charge in [-0.15, -0.1) is 0 Å². The van der Waals surface area contributed by atoms with Crippen LogP contribution in [0, 0.1) is 5.92 Å². The smallest absolute Gasteiger partial charge is 0.308 e. The molecule has 29 heavy (non-hydrogen) atoms. The van der Waals surface area contributed by atoms with Gasteiger partial charge in [-0.2, -0.15) is 0 Å². The Hall–Kier alpha value is -3.15. The number of hydrogen-bond acceptors (Lipinski definition) is 3. The highest BCUT2D eigenvalue weighted by Crippen LogP contribution is 2.33. The maximum atomic E-state index is 12.8. The lowest BCUT2D eigenvalue weighted by atomic mass is 9.89. The van der Waals surface area contributed by atoms with Gasteiger partial charge in [0.15, 0.2) is 0 Å². The third-order valence-electron chi connectivity index (χ3n) is 5.47. The van der Waals surface area contributed by atoms with E-state index in [2.05, 4.69) is 0 Å². The number of likely N-dealkylation sites (tertiary alicyclic amines) is 1. The number of carbonyl (C=O) groups is 3. The number of aliphatic carboxylic acids is 1. The molecule has 0 bridgehead atoms. The van der Waals surface area contributed by atoms with E-state index in [1.807, 2.05) is 60.7 Å². The second kappa shape index (κ2) is 9.37. The molecular weight excluding hydrogens is 368 g/mol. The molecule has 0 saturated carbocycles. The summed E-state index contributed by atoms with van der Waals surface area (Å²) in [6.07, 6.45) is 0.181. The molecule has 2 aromatic carbocycles. The summed E-state index contributed by atoms with van der Waals surface area (Å²) in [7, 11) is 0. The van der Waals surface area contributed by atoms with Crippen molar-refractivity contribution in [2.24, 2.45) is 5.92 Å². The molecule has 1 aliphatic rings. The number of nitrogens with zero attached hydrogens (tertiary/aromatic N) is 2. The van der Waals surface area contributed by atoms with Crippen LogP contribution in [0.5, 0.6) is 0 Å². The summed E-state index contributed by atoms with van der Waals surface area (Å²) in [5.41, 5.74) is 1.94. The van der Waals surface area contributed by atoms with E-state index in [4.69, 9.17) is 0 Å². The summed E-state index contributed by atoms with van der Waals surface area (Å²) in [4.78, 5) is 39.7. The van der Waals surface area contributed by atoms with Crippen molar-refractivity contribution in [2.45, 2.75) is 25.8 Å². The highest BCUT2D eigenvalue weighted by Gasteiger charge is 2.40. The first-order valence-corrected chi connectivity index (χ1v) is 9.80. The Kier molecular flexibility index (Phi) is 6.65. The van der Waals surface area contributed by atoms with Crippen molar-refractivity contribution in [1.82, 2.24) is 9.80 Å². The second-order valence-electron chi connectivity index (χ2n) is 7.44. The Morgan fingerprint density at radius 3 is 2.21 bits per heavy atom. The first kappa shape index (κ1) is 20.6. The molecule has 1 saturated heterocycles.